The number of pyridine rings is 1. The van der Waals surface area contributed by atoms with Crippen molar-refractivity contribution in [2.45, 2.75) is 0 Å². The summed E-state index contributed by atoms with van der Waals surface area (Å²) >= 11 is 7.74. The molecule has 0 saturated heterocycles. The Hall–Kier alpha value is -3.03. The van der Waals surface area contributed by atoms with E-state index in [9.17, 15) is 0 Å². The highest BCUT2D eigenvalue weighted by atomic mass is 35.5. The zero-order valence-electron chi connectivity index (χ0n) is 14.1. The van der Waals surface area contributed by atoms with Crippen LogP contribution in [0.5, 0.6) is 5.75 Å². The zero-order valence-corrected chi connectivity index (χ0v) is 15.7. The zero-order chi connectivity index (χ0) is 18.4. The summed E-state index contributed by atoms with van der Waals surface area (Å²) in [4.78, 5) is 5.41. The minimum atomic E-state index is 0.610. The van der Waals surface area contributed by atoms with Crippen molar-refractivity contribution < 1.29 is 4.74 Å². The molecule has 0 saturated carbocycles. The molecule has 0 aliphatic rings. The van der Waals surface area contributed by atoms with Crippen LogP contribution in [0.25, 0.3) is 38.0 Å². The fourth-order valence-electron chi connectivity index (χ4n) is 2.88. The van der Waals surface area contributed by atoms with Crippen molar-refractivity contribution in [1.29, 1.82) is 0 Å². The van der Waals surface area contributed by atoms with Gasteiger partial charge in [-0.3, -0.25) is 0 Å². The first-order valence-electron chi connectivity index (χ1n) is 8.15. The largest absolute Gasteiger partial charge is 0.497 e. The van der Waals surface area contributed by atoms with E-state index in [1.807, 2.05) is 54.6 Å². The fourth-order valence-corrected chi connectivity index (χ4v) is 3.91. The van der Waals surface area contributed by atoms with Gasteiger partial charge in [-0.05, 0) is 36.4 Å². The third-order valence-electron chi connectivity index (χ3n) is 4.22. The van der Waals surface area contributed by atoms with E-state index in [1.165, 1.54) is 11.3 Å². The lowest BCUT2D eigenvalue weighted by molar-refractivity contribution is 0.415. The standard InChI is InChI=1S/C19H12ClN5OS/c1-26-12-7-9-15-11(10-12)6-8-16(21-15)18-24-25-17(22-23-19(25)27-18)13-4-2-3-5-14(13)20/h2-10H,1H3. The van der Waals surface area contributed by atoms with Crippen molar-refractivity contribution in [3.63, 3.8) is 0 Å². The third kappa shape index (κ3) is 2.72. The van der Waals surface area contributed by atoms with E-state index < -0.39 is 0 Å². The van der Waals surface area contributed by atoms with Crippen molar-refractivity contribution >= 4 is 38.8 Å². The quantitative estimate of drug-likeness (QED) is 0.443. The van der Waals surface area contributed by atoms with Gasteiger partial charge in [-0.15, -0.1) is 10.2 Å². The predicted molar refractivity (Wildman–Crippen MR) is 106 cm³/mol. The van der Waals surface area contributed by atoms with Crippen LogP contribution in [-0.4, -0.2) is 31.9 Å². The predicted octanol–water partition coefficient (Wildman–Crippen LogP) is 4.73. The number of aromatic nitrogens is 5. The van der Waals surface area contributed by atoms with Gasteiger partial charge in [-0.2, -0.15) is 9.61 Å². The molecule has 0 aliphatic heterocycles. The molecule has 132 valence electrons. The van der Waals surface area contributed by atoms with Gasteiger partial charge in [0, 0.05) is 10.9 Å². The van der Waals surface area contributed by atoms with Gasteiger partial charge in [0.15, 0.2) is 10.8 Å². The lowest BCUT2D eigenvalue weighted by atomic mass is 10.2. The smallest absolute Gasteiger partial charge is 0.235 e. The number of benzene rings is 2. The first-order chi connectivity index (χ1) is 13.2. The van der Waals surface area contributed by atoms with Crippen molar-refractivity contribution in [2.24, 2.45) is 0 Å². The lowest BCUT2D eigenvalue weighted by Gasteiger charge is -2.03. The third-order valence-corrected chi connectivity index (χ3v) is 5.47. The Bertz CT molecular complexity index is 1300. The highest BCUT2D eigenvalue weighted by Crippen LogP contribution is 2.31. The van der Waals surface area contributed by atoms with E-state index in [0.29, 0.717) is 15.8 Å². The van der Waals surface area contributed by atoms with Gasteiger partial charge in [0.05, 0.1) is 17.6 Å². The van der Waals surface area contributed by atoms with Crippen LogP contribution in [-0.2, 0) is 0 Å². The maximum atomic E-state index is 6.30. The van der Waals surface area contributed by atoms with Crippen LogP contribution >= 0.6 is 22.9 Å². The average Bonchev–Trinajstić information content (AvgIpc) is 3.28. The second-order valence-electron chi connectivity index (χ2n) is 5.86. The summed E-state index contributed by atoms with van der Waals surface area (Å²) in [6.45, 7) is 0. The number of ether oxygens (including phenoxy) is 1. The summed E-state index contributed by atoms with van der Waals surface area (Å²) < 4.78 is 6.97. The molecule has 5 aromatic rings. The molecule has 8 heteroatoms. The van der Waals surface area contributed by atoms with E-state index in [2.05, 4.69) is 15.3 Å². The summed E-state index contributed by atoms with van der Waals surface area (Å²) in [7, 11) is 1.65. The normalized spacial score (nSPS) is 11.3. The maximum absolute atomic E-state index is 6.30. The molecule has 0 spiro atoms. The first-order valence-corrected chi connectivity index (χ1v) is 9.35. The number of methoxy groups -OCH3 is 1. The topological polar surface area (TPSA) is 65.2 Å². The van der Waals surface area contributed by atoms with Crippen LogP contribution in [0, 0.1) is 0 Å². The SMILES string of the molecule is COc1ccc2nc(-c3nn4c(-c5ccccc5Cl)nnc4s3)ccc2c1. The molecular formula is C19H12ClN5OS. The monoisotopic (exact) mass is 393 g/mol. The second-order valence-corrected chi connectivity index (χ2v) is 7.22. The molecule has 0 amide bonds. The molecule has 5 rings (SSSR count). The molecular weight excluding hydrogens is 382 g/mol. The van der Waals surface area contributed by atoms with E-state index in [4.69, 9.17) is 21.3 Å². The van der Waals surface area contributed by atoms with E-state index in [-0.39, 0.29) is 0 Å². The van der Waals surface area contributed by atoms with Gasteiger partial charge in [0.25, 0.3) is 0 Å². The summed E-state index contributed by atoms with van der Waals surface area (Å²) in [5.74, 6) is 1.42. The van der Waals surface area contributed by atoms with Gasteiger partial charge >= 0.3 is 0 Å². The molecule has 3 aromatic heterocycles. The van der Waals surface area contributed by atoms with Crippen molar-refractivity contribution in [3.8, 4) is 27.8 Å². The van der Waals surface area contributed by atoms with Crippen molar-refractivity contribution in [3.05, 3.63) is 59.6 Å². The van der Waals surface area contributed by atoms with Crippen molar-refractivity contribution in [2.75, 3.05) is 7.11 Å². The van der Waals surface area contributed by atoms with E-state index >= 15 is 0 Å². The molecule has 6 nitrogen and oxygen atoms in total. The van der Waals surface area contributed by atoms with Gasteiger partial charge in [0.2, 0.25) is 4.96 Å². The molecule has 0 bridgehead atoms. The Morgan fingerprint density at radius 3 is 2.78 bits per heavy atom. The number of hydrogen-bond acceptors (Lipinski definition) is 6. The Morgan fingerprint density at radius 2 is 1.93 bits per heavy atom. The minimum Gasteiger partial charge on any atom is -0.497 e. The van der Waals surface area contributed by atoms with Crippen LogP contribution in [0.3, 0.4) is 0 Å². The first kappa shape index (κ1) is 16.2. The van der Waals surface area contributed by atoms with E-state index in [0.717, 1.165) is 32.9 Å². The summed E-state index contributed by atoms with van der Waals surface area (Å²) in [5, 5.41) is 15.5. The molecule has 0 radical (unpaired) electrons. The summed E-state index contributed by atoms with van der Waals surface area (Å²) in [6, 6.07) is 17.3. The van der Waals surface area contributed by atoms with Crippen molar-refractivity contribution in [1.82, 2.24) is 24.8 Å². The summed E-state index contributed by atoms with van der Waals surface area (Å²) in [6.07, 6.45) is 0. The lowest BCUT2D eigenvalue weighted by Crippen LogP contribution is -1.92. The number of hydrogen-bond donors (Lipinski definition) is 0. The Balaban J connectivity index is 1.62. The van der Waals surface area contributed by atoms with Gasteiger partial charge in [-0.25, -0.2) is 4.98 Å². The van der Waals surface area contributed by atoms with Crippen LogP contribution in [0.2, 0.25) is 5.02 Å². The molecule has 0 fully saturated rings. The van der Waals surface area contributed by atoms with Gasteiger partial charge < -0.3 is 4.74 Å². The molecule has 0 N–H and O–H groups in total. The van der Waals surface area contributed by atoms with Crippen LogP contribution in [0.15, 0.2) is 54.6 Å². The van der Waals surface area contributed by atoms with Crippen LogP contribution in [0.4, 0.5) is 0 Å². The fraction of sp³-hybridized carbons (Fsp3) is 0.0526. The van der Waals surface area contributed by atoms with Crippen LogP contribution < -0.4 is 4.74 Å². The Kier molecular flexibility index (Phi) is 3.77. The number of fused-ring (bicyclic) bond motifs is 2. The molecule has 0 aliphatic carbocycles. The highest BCUT2D eigenvalue weighted by Gasteiger charge is 2.17. The molecule has 0 unspecified atom stereocenters. The number of nitrogens with zero attached hydrogens (tertiary/aromatic N) is 5. The summed E-state index contributed by atoms with van der Waals surface area (Å²) in [5.41, 5.74) is 2.46. The molecule has 3 heterocycles. The molecule has 27 heavy (non-hydrogen) atoms. The number of halogens is 1. The Morgan fingerprint density at radius 1 is 1.04 bits per heavy atom. The van der Waals surface area contributed by atoms with Crippen LogP contribution in [0.1, 0.15) is 0 Å². The molecule has 2 aromatic carbocycles. The van der Waals surface area contributed by atoms with Gasteiger partial charge in [0.1, 0.15) is 11.4 Å². The Labute approximate surface area is 163 Å². The number of rotatable bonds is 3. The maximum Gasteiger partial charge on any atom is 0.235 e. The highest BCUT2D eigenvalue weighted by molar-refractivity contribution is 7.19. The van der Waals surface area contributed by atoms with E-state index in [1.54, 1.807) is 11.6 Å². The minimum absolute atomic E-state index is 0.610. The molecule has 0 atom stereocenters. The van der Waals surface area contributed by atoms with Gasteiger partial charge in [-0.1, -0.05) is 41.1 Å². The average molecular weight is 394 g/mol. The second kappa shape index (κ2) is 6.29.